The molecule has 21 heavy (non-hydrogen) atoms. The Kier molecular flexibility index (Phi) is 3.86. The van der Waals surface area contributed by atoms with E-state index >= 15 is 0 Å². The van der Waals surface area contributed by atoms with Crippen molar-refractivity contribution in [2.45, 2.75) is 25.7 Å². The van der Waals surface area contributed by atoms with E-state index in [-0.39, 0.29) is 11.7 Å². The summed E-state index contributed by atoms with van der Waals surface area (Å²) >= 11 is 0. The third-order valence-corrected chi connectivity index (χ3v) is 3.75. The van der Waals surface area contributed by atoms with Gasteiger partial charge in [-0.2, -0.15) is 0 Å². The molecule has 1 aromatic carbocycles. The maximum atomic E-state index is 12.5. The fourth-order valence-electron chi connectivity index (χ4n) is 2.68. The smallest absolute Gasteiger partial charge is 0.227 e. The van der Waals surface area contributed by atoms with Gasteiger partial charge in [0.15, 0.2) is 5.78 Å². The zero-order chi connectivity index (χ0) is 14.7. The number of para-hydroxylation sites is 1. The lowest BCUT2D eigenvalue weighted by molar-refractivity contribution is -0.118. The molecule has 0 spiro atoms. The number of carbonyl (C=O) groups is 2. The van der Waals surface area contributed by atoms with Crippen molar-refractivity contribution in [2.75, 3.05) is 11.4 Å². The van der Waals surface area contributed by atoms with E-state index in [0.29, 0.717) is 37.8 Å². The SMILES string of the molecule is O=C1CCCN(C(=O)CCc2ccco2)c2ccccc21. The number of hydrogen-bond donors (Lipinski definition) is 0. The van der Waals surface area contributed by atoms with E-state index in [0.717, 1.165) is 11.4 Å². The van der Waals surface area contributed by atoms with Crippen LogP contribution in [0.15, 0.2) is 47.1 Å². The molecule has 1 aliphatic rings. The van der Waals surface area contributed by atoms with Gasteiger partial charge in [0.25, 0.3) is 0 Å². The van der Waals surface area contributed by atoms with Gasteiger partial charge in [-0.1, -0.05) is 12.1 Å². The Morgan fingerprint density at radius 1 is 1.19 bits per heavy atom. The standard InChI is InChI=1S/C17H17NO3/c19-16-8-3-11-18(15-7-2-1-6-14(15)16)17(20)10-9-13-5-4-12-21-13/h1-2,4-7,12H,3,8-11H2. The minimum Gasteiger partial charge on any atom is -0.469 e. The van der Waals surface area contributed by atoms with E-state index in [1.54, 1.807) is 17.2 Å². The average molecular weight is 283 g/mol. The normalized spacial score (nSPS) is 14.7. The molecule has 0 bridgehead atoms. The molecule has 3 rings (SSSR count). The van der Waals surface area contributed by atoms with E-state index in [1.165, 1.54) is 0 Å². The van der Waals surface area contributed by atoms with E-state index in [4.69, 9.17) is 4.42 Å². The van der Waals surface area contributed by atoms with Crippen LogP contribution in [0, 0.1) is 0 Å². The molecular weight excluding hydrogens is 266 g/mol. The van der Waals surface area contributed by atoms with Crippen LogP contribution in [-0.4, -0.2) is 18.2 Å². The Labute approximate surface area is 123 Å². The van der Waals surface area contributed by atoms with Crippen LogP contribution in [-0.2, 0) is 11.2 Å². The third kappa shape index (κ3) is 2.89. The minimum atomic E-state index is 0.0357. The van der Waals surface area contributed by atoms with Crippen LogP contribution >= 0.6 is 0 Å². The van der Waals surface area contributed by atoms with E-state index in [2.05, 4.69) is 0 Å². The van der Waals surface area contributed by atoms with Crippen molar-refractivity contribution in [1.82, 2.24) is 0 Å². The molecule has 0 saturated carbocycles. The van der Waals surface area contributed by atoms with Crippen LogP contribution in [0.25, 0.3) is 0 Å². The molecule has 0 unspecified atom stereocenters. The highest BCUT2D eigenvalue weighted by atomic mass is 16.3. The van der Waals surface area contributed by atoms with Gasteiger partial charge in [0.2, 0.25) is 5.91 Å². The molecule has 0 saturated heterocycles. The highest BCUT2D eigenvalue weighted by Crippen LogP contribution is 2.26. The number of furan rings is 1. The van der Waals surface area contributed by atoms with Gasteiger partial charge in [-0.25, -0.2) is 0 Å². The van der Waals surface area contributed by atoms with Crippen LogP contribution in [0.3, 0.4) is 0 Å². The molecule has 1 aliphatic heterocycles. The molecule has 0 fully saturated rings. The van der Waals surface area contributed by atoms with Crippen LogP contribution < -0.4 is 4.90 Å². The Hall–Kier alpha value is -2.36. The first-order valence-corrected chi connectivity index (χ1v) is 7.20. The summed E-state index contributed by atoms with van der Waals surface area (Å²) in [6.45, 7) is 0.597. The number of amides is 1. The summed E-state index contributed by atoms with van der Waals surface area (Å²) in [6, 6.07) is 11.0. The molecule has 2 heterocycles. The number of benzene rings is 1. The zero-order valence-corrected chi connectivity index (χ0v) is 11.7. The van der Waals surface area contributed by atoms with Crippen molar-refractivity contribution in [2.24, 2.45) is 0 Å². The van der Waals surface area contributed by atoms with Crippen molar-refractivity contribution < 1.29 is 14.0 Å². The monoisotopic (exact) mass is 283 g/mol. The fraction of sp³-hybridized carbons (Fsp3) is 0.294. The first kappa shape index (κ1) is 13.6. The van der Waals surface area contributed by atoms with Gasteiger partial charge >= 0.3 is 0 Å². The van der Waals surface area contributed by atoms with Crippen molar-refractivity contribution in [3.05, 3.63) is 54.0 Å². The van der Waals surface area contributed by atoms with Crippen molar-refractivity contribution in [3.8, 4) is 0 Å². The van der Waals surface area contributed by atoms with Gasteiger partial charge in [0.05, 0.1) is 12.0 Å². The number of hydrogen-bond acceptors (Lipinski definition) is 3. The van der Waals surface area contributed by atoms with Gasteiger partial charge in [-0.05, 0) is 30.7 Å². The highest BCUT2D eigenvalue weighted by Gasteiger charge is 2.24. The molecule has 4 nitrogen and oxygen atoms in total. The highest BCUT2D eigenvalue weighted by molar-refractivity contribution is 6.06. The summed E-state index contributed by atoms with van der Waals surface area (Å²) in [6.07, 6.45) is 3.78. The van der Waals surface area contributed by atoms with Gasteiger partial charge < -0.3 is 9.32 Å². The van der Waals surface area contributed by atoms with Crippen LogP contribution in [0.1, 0.15) is 35.4 Å². The Morgan fingerprint density at radius 3 is 2.86 bits per heavy atom. The molecule has 0 aliphatic carbocycles. The number of aryl methyl sites for hydroxylation is 1. The van der Waals surface area contributed by atoms with Crippen molar-refractivity contribution >= 4 is 17.4 Å². The average Bonchev–Trinajstić information content (AvgIpc) is 2.96. The van der Waals surface area contributed by atoms with Gasteiger partial charge in [-0.15, -0.1) is 0 Å². The van der Waals surface area contributed by atoms with Crippen LogP contribution in [0.4, 0.5) is 5.69 Å². The molecule has 2 aromatic rings. The molecular formula is C17H17NO3. The summed E-state index contributed by atoms with van der Waals surface area (Å²) in [5.41, 5.74) is 1.39. The van der Waals surface area contributed by atoms with Crippen LogP contribution in [0.5, 0.6) is 0 Å². The molecule has 0 atom stereocenters. The van der Waals surface area contributed by atoms with E-state index in [9.17, 15) is 9.59 Å². The van der Waals surface area contributed by atoms with E-state index in [1.807, 2.05) is 30.3 Å². The Balaban J connectivity index is 1.79. The Morgan fingerprint density at radius 2 is 2.05 bits per heavy atom. The number of nitrogens with zero attached hydrogens (tertiary/aromatic N) is 1. The number of rotatable bonds is 3. The summed E-state index contributed by atoms with van der Waals surface area (Å²) < 4.78 is 5.26. The molecule has 1 amide bonds. The van der Waals surface area contributed by atoms with Crippen molar-refractivity contribution in [1.29, 1.82) is 0 Å². The fourth-order valence-corrected chi connectivity index (χ4v) is 2.68. The molecule has 0 radical (unpaired) electrons. The predicted octanol–water partition coefficient (Wildman–Crippen LogP) is 3.22. The summed E-state index contributed by atoms with van der Waals surface area (Å²) in [5.74, 6) is 0.961. The summed E-state index contributed by atoms with van der Waals surface area (Å²) in [7, 11) is 0. The largest absolute Gasteiger partial charge is 0.469 e. The quantitative estimate of drug-likeness (QED) is 0.869. The molecule has 0 N–H and O–H groups in total. The summed E-state index contributed by atoms with van der Waals surface area (Å²) in [5, 5.41) is 0. The van der Waals surface area contributed by atoms with Gasteiger partial charge in [-0.3, -0.25) is 9.59 Å². The lowest BCUT2D eigenvalue weighted by atomic mass is 10.1. The topological polar surface area (TPSA) is 50.5 Å². The minimum absolute atomic E-state index is 0.0357. The number of carbonyl (C=O) groups excluding carboxylic acids is 2. The number of Topliss-reactive ketones (excluding diaryl/α,β-unsaturated/α-hetero) is 1. The first-order chi connectivity index (χ1) is 10.3. The van der Waals surface area contributed by atoms with Gasteiger partial charge in [0.1, 0.15) is 5.76 Å². The van der Waals surface area contributed by atoms with Crippen LogP contribution in [0.2, 0.25) is 0 Å². The van der Waals surface area contributed by atoms with E-state index < -0.39 is 0 Å². The lowest BCUT2D eigenvalue weighted by Crippen LogP contribution is -2.31. The second kappa shape index (κ2) is 5.95. The van der Waals surface area contributed by atoms with Gasteiger partial charge in [0, 0.05) is 31.4 Å². The maximum Gasteiger partial charge on any atom is 0.227 e. The second-order valence-corrected chi connectivity index (χ2v) is 5.17. The maximum absolute atomic E-state index is 12.5. The number of anilines is 1. The van der Waals surface area contributed by atoms with Crippen molar-refractivity contribution in [3.63, 3.8) is 0 Å². The Bertz CT molecular complexity index is 646. The zero-order valence-electron chi connectivity index (χ0n) is 11.7. The second-order valence-electron chi connectivity index (χ2n) is 5.17. The first-order valence-electron chi connectivity index (χ1n) is 7.20. The summed E-state index contributed by atoms with van der Waals surface area (Å²) in [4.78, 5) is 26.3. The number of fused-ring (bicyclic) bond motifs is 1. The lowest BCUT2D eigenvalue weighted by Gasteiger charge is -2.22. The number of ketones is 1. The molecule has 4 heteroatoms. The molecule has 108 valence electrons. The third-order valence-electron chi connectivity index (χ3n) is 3.75. The predicted molar refractivity (Wildman–Crippen MR) is 79.4 cm³/mol. The molecule has 1 aromatic heterocycles.